The highest BCUT2D eigenvalue weighted by Gasteiger charge is 2.25. The Balaban J connectivity index is 2.48. The fourth-order valence-corrected chi connectivity index (χ4v) is 2.34. The number of fused-ring (bicyclic) bond motifs is 1. The van der Waals surface area contributed by atoms with Gasteiger partial charge >= 0.3 is 0 Å². The maximum Gasteiger partial charge on any atom is 0.0468 e. The zero-order chi connectivity index (χ0) is 11.0. The zero-order valence-electron chi connectivity index (χ0n) is 10.1. The van der Waals surface area contributed by atoms with E-state index in [1.54, 1.807) is 0 Å². The van der Waals surface area contributed by atoms with Crippen LogP contribution in [0.2, 0.25) is 0 Å². The first kappa shape index (κ1) is 10.5. The molecule has 2 rings (SSSR count). The molecule has 0 fully saturated rings. The lowest BCUT2D eigenvalue weighted by Crippen LogP contribution is -2.29. The van der Waals surface area contributed by atoms with E-state index in [1.165, 1.54) is 16.8 Å². The third-order valence-corrected chi connectivity index (χ3v) is 3.18. The molecular formula is C13H20N2. The molecule has 0 amide bonds. The summed E-state index contributed by atoms with van der Waals surface area (Å²) in [4.78, 5) is 6.85. The van der Waals surface area contributed by atoms with Gasteiger partial charge in [0.15, 0.2) is 0 Å². The van der Waals surface area contributed by atoms with E-state index in [4.69, 9.17) is 0 Å². The van der Waals surface area contributed by atoms with Crippen LogP contribution in [0.3, 0.4) is 0 Å². The molecule has 0 unspecified atom stereocenters. The number of pyridine rings is 1. The van der Waals surface area contributed by atoms with Gasteiger partial charge in [0.05, 0.1) is 0 Å². The van der Waals surface area contributed by atoms with Crippen molar-refractivity contribution in [3.63, 3.8) is 0 Å². The molecule has 2 heteroatoms. The molecule has 0 radical (unpaired) electrons. The summed E-state index contributed by atoms with van der Waals surface area (Å²) >= 11 is 0. The summed E-state index contributed by atoms with van der Waals surface area (Å²) in [6.07, 6.45) is 5.22. The van der Waals surface area contributed by atoms with Gasteiger partial charge in [-0.05, 0) is 37.3 Å². The molecule has 1 aromatic rings. The third kappa shape index (κ3) is 1.73. The fourth-order valence-electron chi connectivity index (χ4n) is 2.34. The highest BCUT2D eigenvalue weighted by Crippen LogP contribution is 2.35. The highest BCUT2D eigenvalue weighted by molar-refractivity contribution is 5.63. The topological polar surface area (TPSA) is 16.1 Å². The molecule has 2 nitrogen and oxygen atoms in total. The van der Waals surface area contributed by atoms with Gasteiger partial charge in [0.1, 0.15) is 0 Å². The Morgan fingerprint density at radius 1 is 1.20 bits per heavy atom. The fraction of sp³-hybridized carbons (Fsp3) is 0.615. The summed E-state index contributed by atoms with van der Waals surface area (Å²) in [5, 5.41) is 0. The summed E-state index contributed by atoms with van der Waals surface area (Å²) < 4.78 is 0. The van der Waals surface area contributed by atoms with E-state index in [-0.39, 0.29) is 0 Å². The lowest BCUT2D eigenvalue weighted by molar-refractivity contribution is 0.703. The zero-order valence-corrected chi connectivity index (χ0v) is 10.1. The number of anilines is 1. The molecule has 82 valence electrons. The van der Waals surface area contributed by atoms with Gasteiger partial charge in [-0.1, -0.05) is 13.8 Å². The molecular weight excluding hydrogens is 184 g/mol. The van der Waals surface area contributed by atoms with Gasteiger partial charge in [0.2, 0.25) is 0 Å². The maximum atomic E-state index is 4.34. The second-order valence-electron chi connectivity index (χ2n) is 4.93. The molecule has 0 N–H and O–H groups in total. The van der Waals surface area contributed by atoms with E-state index >= 15 is 0 Å². The van der Waals surface area contributed by atoms with Crippen molar-refractivity contribution >= 4 is 5.69 Å². The van der Waals surface area contributed by atoms with Crippen LogP contribution in [0.4, 0.5) is 5.69 Å². The molecule has 0 saturated carbocycles. The van der Waals surface area contributed by atoms with E-state index in [9.17, 15) is 0 Å². The molecule has 0 spiro atoms. The summed E-state index contributed by atoms with van der Waals surface area (Å²) in [5.41, 5.74) is 4.28. The van der Waals surface area contributed by atoms with Crippen LogP contribution in [-0.4, -0.2) is 17.6 Å². The van der Waals surface area contributed by atoms with Gasteiger partial charge in [-0.3, -0.25) is 4.98 Å². The van der Waals surface area contributed by atoms with Crippen molar-refractivity contribution < 1.29 is 0 Å². The lowest BCUT2D eigenvalue weighted by Gasteiger charge is -2.27. The Hall–Kier alpha value is -1.05. The van der Waals surface area contributed by atoms with E-state index in [1.807, 2.05) is 12.4 Å². The smallest absolute Gasteiger partial charge is 0.0468 e. The summed E-state index contributed by atoms with van der Waals surface area (Å²) in [7, 11) is 0. The van der Waals surface area contributed by atoms with Crippen molar-refractivity contribution in [3.8, 4) is 0 Å². The van der Waals surface area contributed by atoms with Crippen LogP contribution in [-0.2, 0) is 6.42 Å². The second kappa shape index (κ2) is 3.84. The quantitative estimate of drug-likeness (QED) is 0.736. The van der Waals surface area contributed by atoms with Crippen molar-refractivity contribution in [1.29, 1.82) is 0 Å². The maximum absolute atomic E-state index is 4.34. The Labute approximate surface area is 92.3 Å². The molecule has 1 aliphatic heterocycles. The molecule has 15 heavy (non-hydrogen) atoms. The van der Waals surface area contributed by atoms with E-state index in [0.717, 1.165) is 13.0 Å². The predicted molar refractivity (Wildman–Crippen MR) is 64.5 cm³/mol. The number of aromatic nitrogens is 1. The number of rotatable bonds is 2. The molecule has 0 aromatic carbocycles. The van der Waals surface area contributed by atoms with Crippen LogP contribution < -0.4 is 4.90 Å². The Morgan fingerprint density at radius 2 is 1.93 bits per heavy atom. The average Bonchev–Trinajstić information content (AvgIpc) is 2.60. The van der Waals surface area contributed by atoms with Gasteiger partial charge in [0.25, 0.3) is 0 Å². The molecule has 0 atom stereocenters. The third-order valence-electron chi connectivity index (χ3n) is 3.18. The van der Waals surface area contributed by atoms with Crippen molar-refractivity contribution in [2.24, 2.45) is 0 Å². The minimum atomic E-state index is 0.562. The van der Waals surface area contributed by atoms with Crippen LogP contribution in [0.15, 0.2) is 12.4 Å². The van der Waals surface area contributed by atoms with Gasteiger partial charge < -0.3 is 4.90 Å². The summed E-state index contributed by atoms with van der Waals surface area (Å²) in [6.45, 7) is 10.2. The minimum absolute atomic E-state index is 0.562. The van der Waals surface area contributed by atoms with Crippen LogP contribution in [0.25, 0.3) is 0 Å². The molecule has 2 heterocycles. The van der Waals surface area contributed by atoms with Gasteiger partial charge in [0, 0.05) is 30.7 Å². The summed E-state index contributed by atoms with van der Waals surface area (Å²) in [6, 6.07) is 0.589. The van der Waals surface area contributed by atoms with Gasteiger partial charge in [-0.15, -0.1) is 0 Å². The molecule has 1 aliphatic rings. The van der Waals surface area contributed by atoms with Crippen LogP contribution in [0, 0.1) is 0 Å². The van der Waals surface area contributed by atoms with E-state index < -0.39 is 0 Å². The Morgan fingerprint density at radius 3 is 2.53 bits per heavy atom. The number of hydrogen-bond donors (Lipinski definition) is 0. The SMILES string of the molecule is CC(C)c1cncc2c1N(C(C)C)CC2. The largest absolute Gasteiger partial charge is 0.368 e. The van der Waals surface area contributed by atoms with Crippen molar-refractivity contribution in [1.82, 2.24) is 4.98 Å². The average molecular weight is 204 g/mol. The molecule has 0 saturated heterocycles. The lowest BCUT2D eigenvalue weighted by atomic mass is 10.0. The van der Waals surface area contributed by atoms with Crippen molar-refractivity contribution in [2.45, 2.75) is 46.1 Å². The molecule has 0 aliphatic carbocycles. The summed E-state index contributed by atoms with van der Waals surface area (Å²) in [5.74, 6) is 0.562. The minimum Gasteiger partial charge on any atom is -0.368 e. The number of nitrogens with zero attached hydrogens (tertiary/aromatic N) is 2. The Kier molecular flexibility index (Phi) is 2.68. The van der Waals surface area contributed by atoms with Gasteiger partial charge in [-0.25, -0.2) is 0 Å². The van der Waals surface area contributed by atoms with Crippen LogP contribution >= 0.6 is 0 Å². The normalized spacial score (nSPS) is 15.2. The van der Waals surface area contributed by atoms with Crippen molar-refractivity contribution in [2.75, 3.05) is 11.4 Å². The van der Waals surface area contributed by atoms with Crippen LogP contribution in [0.1, 0.15) is 44.7 Å². The second-order valence-corrected chi connectivity index (χ2v) is 4.93. The first-order valence-electron chi connectivity index (χ1n) is 5.84. The van der Waals surface area contributed by atoms with Gasteiger partial charge in [-0.2, -0.15) is 0 Å². The standard InChI is InChI=1S/C13H20N2/c1-9(2)12-8-14-7-11-5-6-15(10(3)4)13(11)12/h7-10H,5-6H2,1-4H3. The van der Waals surface area contributed by atoms with Crippen LogP contribution in [0.5, 0.6) is 0 Å². The Bertz CT molecular complexity index is 356. The monoisotopic (exact) mass is 204 g/mol. The molecule has 1 aromatic heterocycles. The van der Waals surface area contributed by atoms with Crippen molar-refractivity contribution in [3.05, 3.63) is 23.5 Å². The first-order chi connectivity index (χ1) is 7.11. The highest BCUT2D eigenvalue weighted by atomic mass is 15.2. The molecule has 0 bridgehead atoms. The van der Waals surface area contributed by atoms with E-state index in [2.05, 4.69) is 37.6 Å². The predicted octanol–water partition coefficient (Wildman–Crippen LogP) is 2.98. The number of hydrogen-bond acceptors (Lipinski definition) is 2. The van der Waals surface area contributed by atoms with E-state index in [0.29, 0.717) is 12.0 Å². The first-order valence-corrected chi connectivity index (χ1v) is 5.84.